The molecule has 4 aromatic rings. The summed E-state index contributed by atoms with van der Waals surface area (Å²) in [5.41, 5.74) is 8.18. The summed E-state index contributed by atoms with van der Waals surface area (Å²) in [5.74, 6) is 6.76. The third kappa shape index (κ3) is 6.33. The van der Waals surface area contributed by atoms with Crippen molar-refractivity contribution >= 4 is 28.3 Å². The van der Waals surface area contributed by atoms with E-state index in [1.807, 2.05) is 61.5 Å². The molecule has 0 saturated carbocycles. The fourth-order valence-corrected chi connectivity index (χ4v) is 5.38. The van der Waals surface area contributed by atoms with Crippen molar-refractivity contribution < 1.29 is 4.79 Å². The van der Waals surface area contributed by atoms with E-state index >= 15 is 0 Å². The first-order chi connectivity index (χ1) is 20.8. The number of pyridine rings is 1. The molecule has 1 unspecified atom stereocenters. The van der Waals surface area contributed by atoms with Crippen LogP contribution in [0.3, 0.4) is 0 Å². The second-order valence-electron chi connectivity index (χ2n) is 10.8. The Morgan fingerprint density at radius 3 is 2.58 bits per heavy atom. The average Bonchev–Trinajstić information content (AvgIpc) is 3.29. The van der Waals surface area contributed by atoms with Gasteiger partial charge in [-0.25, -0.2) is 0 Å². The quantitative estimate of drug-likeness (QED) is 0.218. The van der Waals surface area contributed by atoms with E-state index in [0.29, 0.717) is 41.2 Å². The van der Waals surface area contributed by atoms with Crippen LogP contribution in [0.2, 0.25) is 0 Å². The zero-order valence-corrected chi connectivity index (χ0v) is 24.9. The number of nitrogens with one attached hydrogen (secondary N) is 2. The largest absolute Gasteiger partial charge is 0.381 e. The van der Waals surface area contributed by atoms with E-state index in [1.54, 1.807) is 17.7 Å². The molecule has 1 aliphatic rings. The Bertz CT molecular complexity index is 1750. The van der Waals surface area contributed by atoms with E-state index in [0.717, 1.165) is 31.6 Å². The van der Waals surface area contributed by atoms with Crippen molar-refractivity contribution in [3.8, 4) is 17.5 Å². The Morgan fingerprint density at radius 1 is 1.12 bits per heavy atom. The summed E-state index contributed by atoms with van der Waals surface area (Å²) in [6.07, 6.45) is 1.69. The molecule has 5 rings (SSSR count). The van der Waals surface area contributed by atoms with Crippen LogP contribution < -0.4 is 21.9 Å². The van der Waals surface area contributed by atoms with Gasteiger partial charge in [0.05, 0.1) is 18.0 Å². The number of aromatic nitrogens is 3. The molecule has 222 valence electrons. The zero-order valence-electron chi connectivity index (χ0n) is 24.9. The molecule has 3 heterocycles. The van der Waals surface area contributed by atoms with Crippen molar-refractivity contribution in [3.05, 3.63) is 94.4 Å². The van der Waals surface area contributed by atoms with Crippen LogP contribution in [-0.4, -0.2) is 76.4 Å². The number of amides is 1. The molecule has 1 saturated heterocycles. The predicted octanol–water partition coefficient (Wildman–Crippen LogP) is 2.99. The zero-order chi connectivity index (χ0) is 30.5. The fourth-order valence-electron chi connectivity index (χ4n) is 5.38. The fraction of sp³-hybridized carbons (Fsp3) is 0.303. The number of para-hydroxylation sites is 1. The maximum atomic E-state index is 14.3. The summed E-state index contributed by atoms with van der Waals surface area (Å²) < 4.78 is 3.18. The Kier molecular flexibility index (Phi) is 8.95. The van der Waals surface area contributed by atoms with Gasteiger partial charge in [-0.05, 0) is 43.6 Å². The maximum Gasteiger partial charge on any atom is 0.264 e. The second-order valence-corrected chi connectivity index (χ2v) is 10.8. The van der Waals surface area contributed by atoms with Gasteiger partial charge in [-0.2, -0.15) is 5.10 Å². The Balaban J connectivity index is 1.53. The minimum absolute atomic E-state index is 0.109. The smallest absolute Gasteiger partial charge is 0.264 e. The van der Waals surface area contributed by atoms with Crippen LogP contribution in [0, 0.1) is 11.8 Å². The lowest BCUT2D eigenvalue weighted by atomic mass is 10.0. The van der Waals surface area contributed by atoms with Crippen molar-refractivity contribution in [1.29, 1.82) is 0 Å². The summed E-state index contributed by atoms with van der Waals surface area (Å²) in [6, 6.07) is 16.5. The first kappa shape index (κ1) is 29.6. The summed E-state index contributed by atoms with van der Waals surface area (Å²) >= 11 is 0. The first-order valence-electron chi connectivity index (χ1n) is 14.4. The lowest BCUT2D eigenvalue weighted by Gasteiger charge is -2.30. The number of anilines is 2. The van der Waals surface area contributed by atoms with Gasteiger partial charge in [-0.3, -0.25) is 23.7 Å². The van der Waals surface area contributed by atoms with Crippen molar-refractivity contribution in [2.24, 2.45) is 7.05 Å². The molecule has 0 spiro atoms. The van der Waals surface area contributed by atoms with E-state index in [9.17, 15) is 9.59 Å². The van der Waals surface area contributed by atoms with Gasteiger partial charge in [0.2, 0.25) is 0 Å². The number of nitrogens with zero attached hydrogens (tertiary/aromatic N) is 5. The van der Waals surface area contributed by atoms with Crippen LogP contribution in [0.25, 0.3) is 16.5 Å². The lowest BCUT2D eigenvalue weighted by molar-refractivity contribution is 0.0940. The van der Waals surface area contributed by atoms with Crippen LogP contribution in [0.1, 0.15) is 34.6 Å². The van der Waals surface area contributed by atoms with Crippen molar-refractivity contribution in [3.63, 3.8) is 0 Å². The molecule has 43 heavy (non-hydrogen) atoms. The molecule has 4 N–H and O–H groups in total. The highest BCUT2D eigenvalue weighted by Gasteiger charge is 2.25. The number of hydrogen-bond acceptors (Lipinski definition) is 7. The topological polar surface area (TPSA) is 113 Å². The molecule has 2 aromatic carbocycles. The van der Waals surface area contributed by atoms with E-state index in [2.05, 4.69) is 51.0 Å². The number of hydrogen-bond donors (Lipinski definition) is 3. The van der Waals surface area contributed by atoms with Crippen LogP contribution in [0.4, 0.5) is 11.6 Å². The number of likely N-dealkylation sites (N-methyl/N-ethyl adjacent to an activating group) is 1. The van der Waals surface area contributed by atoms with Gasteiger partial charge in [-0.1, -0.05) is 48.2 Å². The normalized spacial score (nSPS) is 14.6. The van der Waals surface area contributed by atoms with Gasteiger partial charge in [0.25, 0.3) is 11.5 Å². The van der Waals surface area contributed by atoms with Gasteiger partial charge in [0.15, 0.2) is 5.82 Å². The van der Waals surface area contributed by atoms with Gasteiger partial charge in [0, 0.05) is 56.7 Å². The minimum atomic E-state index is -0.552. The SMILES string of the molecule is C=CCNc1c(C(=O)NC(C)c2cc3cccc(C#CCN4CCN(C)CC4)c3c(=O)n2-c2ccccc2)c(N)nn1C. The molecule has 10 nitrogen and oxygen atoms in total. The molecule has 10 heteroatoms. The molecule has 0 bridgehead atoms. The molecule has 0 aliphatic carbocycles. The molecule has 0 radical (unpaired) electrons. The van der Waals surface area contributed by atoms with Crippen LogP contribution in [0.5, 0.6) is 0 Å². The van der Waals surface area contributed by atoms with E-state index in [1.165, 1.54) is 4.68 Å². The molecule has 2 aromatic heterocycles. The second kappa shape index (κ2) is 13.0. The van der Waals surface area contributed by atoms with Crippen molar-refractivity contribution in [2.75, 3.05) is 57.4 Å². The number of carbonyl (C=O) groups excluding carboxylic acids is 1. The molecule has 1 amide bonds. The molecule has 1 aliphatic heterocycles. The summed E-state index contributed by atoms with van der Waals surface area (Å²) in [7, 11) is 3.84. The summed E-state index contributed by atoms with van der Waals surface area (Å²) in [5, 5.41) is 11.7. The number of rotatable bonds is 8. The van der Waals surface area contributed by atoms with Gasteiger partial charge in [0.1, 0.15) is 11.4 Å². The third-order valence-corrected chi connectivity index (χ3v) is 7.72. The Hall–Kier alpha value is -4.85. The third-order valence-electron chi connectivity index (χ3n) is 7.72. The van der Waals surface area contributed by atoms with E-state index < -0.39 is 11.9 Å². The van der Waals surface area contributed by atoms with Crippen molar-refractivity contribution in [2.45, 2.75) is 13.0 Å². The summed E-state index contributed by atoms with van der Waals surface area (Å²) in [4.78, 5) is 32.5. The number of piperazine rings is 1. The molecule has 1 fully saturated rings. The number of benzene rings is 2. The molecular weight excluding hydrogens is 540 g/mol. The number of nitrogens with two attached hydrogens (primary N) is 1. The van der Waals surface area contributed by atoms with E-state index in [4.69, 9.17) is 5.73 Å². The maximum absolute atomic E-state index is 14.3. The first-order valence-corrected chi connectivity index (χ1v) is 14.4. The molecule has 1 atom stereocenters. The van der Waals surface area contributed by atoms with Crippen LogP contribution in [0.15, 0.2) is 72.0 Å². The summed E-state index contributed by atoms with van der Waals surface area (Å²) in [6.45, 7) is 10.7. The van der Waals surface area contributed by atoms with Crippen molar-refractivity contribution in [1.82, 2.24) is 29.5 Å². The van der Waals surface area contributed by atoms with Crippen LogP contribution >= 0.6 is 0 Å². The average molecular weight is 579 g/mol. The Morgan fingerprint density at radius 2 is 1.86 bits per heavy atom. The number of fused-ring (bicyclic) bond motifs is 1. The van der Waals surface area contributed by atoms with E-state index in [-0.39, 0.29) is 16.9 Å². The molecular formula is C33H38N8O2. The Labute approximate surface area is 251 Å². The van der Waals surface area contributed by atoms with Gasteiger partial charge < -0.3 is 21.3 Å². The minimum Gasteiger partial charge on any atom is -0.381 e. The highest BCUT2D eigenvalue weighted by atomic mass is 16.2. The number of aryl methyl sites for hydroxylation is 1. The lowest BCUT2D eigenvalue weighted by Crippen LogP contribution is -2.44. The number of carbonyl (C=O) groups is 1. The van der Waals surface area contributed by atoms with Gasteiger partial charge >= 0.3 is 0 Å². The highest BCUT2D eigenvalue weighted by Crippen LogP contribution is 2.26. The monoisotopic (exact) mass is 578 g/mol. The standard InChI is InChI=1S/C33H38N8O2/c1-5-16-35-31-29(30(34)37-39(31)4)32(42)36-23(2)27-22-25-12-9-11-24(13-10-17-40-20-18-38(3)19-21-40)28(25)33(43)41(27)26-14-7-6-8-15-26/h5-9,11-12,14-15,22-23,35H,1,16-21H2,2-4H3,(H2,34,37)(H,36,42). The van der Waals surface area contributed by atoms with Gasteiger partial charge in [-0.15, -0.1) is 6.58 Å². The van der Waals surface area contributed by atoms with Crippen LogP contribution in [-0.2, 0) is 7.05 Å². The highest BCUT2D eigenvalue weighted by molar-refractivity contribution is 6.03. The number of nitrogen functional groups attached to an aromatic ring is 1. The predicted molar refractivity (Wildman–Crippen MR) is 173 cm³/mol.